The van der Waals surface area contributed by atoms with Gasteiger partial charge in [0.05, 0.1) is 28.2 Å². The lowest BCUT2D eigenvalue weighted by atomic mass is 10.2. The highest BCUT2D eigenvalue weighted by molar-refractivity contribution is 7.91. The summed E-state index contributed by atoms with van der Waals surface area (Å²) in [6.07, 6.45) is 3.21. The van der Waals surface area contributed by atoms with Crippen molar-refractivity contribution in [3.05, 3.63) is 36.7 Å². The second-order valence-electron chi connectivity index (χ2n) is 3.94. The number of anilines is 1. The lowest BCUT2D eigenvalue weighted by Crippen LogP contribution is -2.07. The Kier molecular flexibility index (Phi) is 3.80. The molecule has 0 spiro atoms. The van der Waals surface area contributed by atoms with Crippen molar-refractivity contribution in [1.29, 1.82) is 0 Å². The van der Waals surface area contributed by atoms with E-state index in [0.29, 0.717) is 11.4 Å². The van der Waals surface area contributed by atoms with Crippen molar-refractivity contribution in [3.63, 3.8) is 0 Å². The molecule has 0 saturated carbocycles. The standard InChI is InChI=1S/C13H15N3O2S/c1-3-19(17,18)12-5-4-8-15-13(12)11-7-6-10(14-2)9-16-11/h4-9,14H,3H2,1-2H3. The molecular formula is C13H15N3O2S. The summed E-state index contributed by atoms with van der Waals surface area (Å²) >= 11 is 0. The van der Waals surface area contributed by atoms with Crippen LogP contribution in [0, 0.1) is 0 Å². The van der Waals surface area contributed by atoms with Gasteiger partial charge in [-0.2, -0.15) is 0 Å². The maximum Gasteiger partial charge on any atom is 0.180 e. The Morgan fingerprint density at radius 3 is 2.58 bits per heavy atom. The zero-order valence-electron chi connectivity index (χ0n) is 10.8. The molecule has 0 aliphatic carbocycles. The lowest BCUT2D eigenvalue weighted by Gasteiger charge is -2.08. The molecule has 0 atom stereocenters. The molecule has 0 amide bonds. The molecule has 2 aromatic heterocycles. The molecule has 0 fully saturated rings. The summed E-state index contributed by atoms with van der Waals surface area (Å²) in [6, 6.07) is 6.77. The smallest absolute Gasteiger partial charge is 0.180 e. The van der Waals surface area contributed by atoms with Crippen molar-refractivity contribution < 1.29 is 8.42 Å². The van der Waals surface area contributed by atoms with E-state index in [1.807, 2.05) is 6.07 Å². The monoisotopic (exact) mass is 277 g/mol. The molecule has 2 heterocycles. The van der Waals surface area contributed by atoms with E-state index in [2.05, 4.69) is 15.3 Å². The minimum atomic E-state index is -3.31. The summed E-state index contributed by atoms with van der Waals surface area (Å²) in [4.78, 5) is 8.62. The van der Waals surface area contributed by atoms with Crippen molar-refractivity contribution in [2.75, 3.05) is 18.1 Å². The summed E-state index contributed by atoms with van der Waals surface area (Å²) in [7, 11) is -1.51. The van der Waals surface area contributed by atoms with E-state index in [-0.39, 0.29) is 10.6 Å². The number of nitrogens with zero attached hydrogens (tertiary/aromatic N) is 2. The molecule has 0 unspecified atom stereocenters. The number of pyridine rings is 2. The molecule has 2 rings (SSSR count). The van der Waals surface area contributed by atoms with Gasteiger partial charge in [0.1, 0.15) is 5.69 Å². The predicted molar refractivity (Wildman–Crippen MR) is 74.7 cm³/mol. The number of sulfone groups is 1. The van der Waals surface area contributed by atoms with Crippen LogP contribution in [0.3, 0.4) is 0 Å². The van der Waals surface area contributed by atoms with E-state index >= 15 is 0 Å². The molecule has 19 heavy (non-hydrogen) atoms. The Hall–Kier alpha value is -1.95. The number of nitrogens with one attached hydrogen (secondary N) is 1. The van der Waals surface area contributed by atoms with Crippen molar-refractivity contribution >= 4 is 15.5 Å². The summed E-state index contributed by atoms with van der Waals surface area (Å²) in [5.74, 6) is 0.0420. The van der Waals surface area contributed by atoms with Crippen LogP contribution in [0.1, 0.15) is 6.92 Å². The van der Waals surface area contributed by atoms with Gasteiger partial charge in [0.2, 0.25) is 0 Å². The van der Waals surface area contributed by atoms with Gasteiger partial charge >= 0.3 is 0 Å². The highest BCUT2D eigenvalue weighted by Crippen LogP contribution is 2.24. The van der Waals surface area contributed by atoms with E-state index in [1.54, 1.807) is 44.6 Å². The van der Waals surface area contributed by atoms with Crippen LogP contribution >= 0.6 is 0 Å². The Morgan fingerprint density at radius 2 is 2.00 bits per heavy atom. The number of aromatic nitrogens is 2. The fourth-order valence-electron chi connectivity index (χ4n) is 1.67. The van der Waals surface area contributed by atoms with Crippen LogP contribution in [0.2, 0.25) is 0 Å². The Bertz CT molecular complexity index is 667. The molecular weight excluding hydrogens is 262 g/mol. The van der Waals surface area contributed by atoms with E-state index in [1.165, 1.54) is 0 Å². The maximum atomic E-state index is 12.0. The van der Waals surface area contributed by atoms with Crippen LogP contribution in [0.4, 0.5) is 5.69 Å². The Balaban J connectivity index is 2.56. The lowest BCUT2D eigenvalue weighted by molar-refractivity contribution is 0.597. The topological polar surface area (TPSA) is 72.0 Å². The molecule has 0 bridgehead atoms. The van der Waals surface area contributed by atoms with Gasteiger partial charge in [-0.05, 0) is 24.3 Å². The van der Waals surface area contributed by atoms with E-state index in [9.17, 15) is 8.42 Å². The molecule has 0 saturated heterocycles. The van der Waals surface area contributed by atoms with Gasteiger partial charge in [-0.1, -0.05) is 6.92 Å². The first-order valence-electron chi connectivity index (χ1n) is 5.90. The first kappa shape index (κ1) is 13.5. The quantitative estimate of drug-likeness (QED) is 0.925. The third-order valence-corrected chi connectivity index (χ3v) is 4.54. The molecule has 6 heteroatoms. The fourth-order valence-corrected chi connectivity index (χ4v) is 2.72. The minimum absolute atomic E-state index is 0.0420. The largest absolute Gasteiger partial charge is 0.387 e. The highest BCUT2D eigenvalue weighted by Gasteiger charge is 2.18. The maximum absolute atomic E-state index is 12.0. The molecule has 0 aromatic carbocycles. The van der Waals surface area contributed by atoms with Gasteiger partial charge in [-0.3, -0.25) is 9.97 Å². The Labute approximate surface area is 112 Å². The van der Waals surface area contributed by atoms with E-state index in [4.69, 9.17) is 0 Å². The second kappa shape index (κ2) is 5.36. The summed E-state index contributed by atoms with van der Waals surface area (Å²) in [6.45, 7) is 1.61. The minimum Gasteiger partial charge on any atom is -0.387 e. The number of hydrogen-bond donors (Lipinski definition) is 1. The van der Waals surface area contributed by atoms with Gasteiger partial charge in [-0.15, -0.1) is 0 Å². The number of hydrogen-bond acceptors (Lipinski definition) is 5. The van der Waals surface area contributed by atoms with Crippen LogP contribution in [-0.2, 0) is 9.84 Å². The van der Waals surface area contributed by atoms with E-state index in [0.717, 1.165) is 5.69 Å². The first-order valence-corrected chi connectivity index (χ1v) is 7.55. The average molecular weight is 277 g/mol. The van der Waals surface area contributed by atoms with Crippen LogP contribution in [0.15, 0.2) is 41.6 Å². The first-order chi connectivity index (χ1) is 9.08. The zero-order valence-corrected chi connectivity index (χ0v) is 11.6. The normalized spacial score (nSPS) is 11.3. The van der Waals surface area contributed by atoms with Gasteiger partial charge in [0.25, 0.3) is 0 Å². The Morgan fingerprint density at radius 1 is 1.21 bits per heavy atom. The van der Waals surface area contributed by atoms with Crippen molar-refractivity contribution in [2.45, 2.75) is 11.8 Å². The molecule has 2 aromatic rings. The van der Waals surface area contributed by atoms with Crippen LogP contribution < -0.4 is 5.32 Å². The van der Waals surface area contributed by atoms with Gasteiger partial charge in [-0.25, -0.2) is 8.42 Å². The zero-order chi connectivity index (χ0) is 13.9. The van der Waals surface area contributed by atoms with Gasteiger partial charge < -0.3 is 5.32 Å². The van der Waals surface area contributed by atoms with Crippen LogP contribution in [0.5, 0.6) is 0 Å². The molecule has 0 radical (unpaired) electrons. The molecule has 5 nitrogen and oxygen atoms in total. The van der Waals surface area contributed by atoms with Crippen molar-refractivity contribution in [2.24, 2.45) is 0 Å². The van der Waals surface area contributed by atoms with Crippen LogP contribution in [-0.4, -0.2) is 31.2 Å². The van der Waals surface area contributed by atoms with Crippen molar-refractivity contribution in [1.82, 2.24) is 9.97 Å². The predicted octanol–water partition coefficient (Wildman–Crippen LogP) is 1.98. The number of rotatable bonds is 4. The molecule has 0 aliphatic rings. The third-order valence-electron chi connectivity index (χ3n) is 2.78. The van der Waals surface area contributed by atoms with Crippen LogP contribution in [0.25, 0.3) is 11.4 Å². The molecule has 1 N–H and O–H groups in total. The van der Waals surface area contributed by atoms with Crippen molar-refractivity contribution in [3.8, 4) is 11.4 Å². The van der Waals surface area contributed by atoms with E-state index < -0.39 is 9.84 Å². The molecule has 100 valence electrons. The summed E-state index contributed by atoms with van der Waals surface area (Å²) in [5, 5.41) is 2.96. The SMILES string of the molecule is CCS(=O)(=O)c1cccnc1-c1ccc(NC)cn1. The fraction of sp³-hybridized carbons (Fsp3) is 0.231. The molecule has 0 aliphatic heterocycles. The second-order valence-corrected chi connectivity index (χ2v) is 6.18. The van der Waals surface area contributed by atoms with Gasteiger partial charge in [0, 0.05) is 13.2 Å². The average Bonchev–Trinajstić information content (AvgIpc) is 2.47. The summed E-state index contributed by atoms with van der Waals surface area (Å²) in [5.41, 5.74) is 1.80. The third kappa shape index (κ3) is 2.73. The van der Waals surface area contributed by atoms with Gasteiger partial charge in [0.15, 0.2) is 9.84 Å². The summed E-state index contributed by atoms with van der Waals surface area (Å²) < 4.78 is 24.1. The highest BCUT2D eigenvalue weighted by atomic mass is 32.2.